The van der Waals surface area contributed by atoms with Crippen LogP contribution in [0.5, 0.6) is 0 Å². The predicted molar refractivity (Wildman–Crippen MR) is 55.8 cm³/mol. The maximum atomic E-state index is 5.60. The van der Waals surface area contributed by atoms with Gasteiger partial charge in [0.25, 0.3) is 0 Å². The van der Waals surface area contributed by atoms with Crippen LogP contribution in [0.1, 0.15) is 19.8 Å². The lowest BCUT2D eigenvalue weighted by Gasteiger charge is -2.31. The normalized spacial score (nSPS) is 21.8. The van der Waals surface area contributed by atoms with E-state index in [0.29, 0.717) is 12.0 Å². The van der Waals surface area contributed by atoms with Crippen LogP contribution in [0.15, 0.2) is 4.99 Å². The lowest BCUT2D eigenvalue weighted by molar-refractivity contribution is 0.216. The monoisotopic (exact) mass is 184 g/mol. The van der Waals surface area contributed by atoms with Crippen LogP contribution in [0.25, 0.3) is 0 Å². The average Bonchev–Trinajstić information content (AvgIpc) is 2.19. The van der Waals surface area contributed by atoms with E-state index in [2.05, 4.69) is 22.1 Å². The van der Waals surface area contributed by atoms with Gasteiger partial charge in [0.1, 0.15) is 0 Å². The van der Waals surface area contributed by atoms with Crippen molar-refractivity contribution in [3.63, 3.8) is 0 Å². The van der Waals surface area contributed by atoms with E-state index in [9.17, 15) is 0 Å². The Morgan fingerprint density at radius 2 is 2.15 bits per heavy atom. The fourth-order valence-corrected chi connectivity index (χ4v) is 1.67. The lowest BCUT2D eigenvalue weighted by Crippen LogP contribution is -2.46. The van der Waals surface area contributed by atoms with Gasteiger partial charge in [0.05, 0.1) is 0 Å². The van der Waals surface area contributed by atoms with E-state index in [1.807, 2.05) is 0 Å². The quantitative estimate of drug-likeness (QED) is 0.469. The minimum atomic E-state index is 0.520. The minimum absolute atomic E-state index is 0.520. The van der Waals surface area contributed by atoms with Gasteiger partial charge in [-0.2, -0.15) is 0 Å². The largest absolute Gasteiger partial charge is 0.370 e. The van der Waals surface area contributed by atoms with Crippen LogP contribution in [0.2, 0.25) is 0 Å². The van der Waals surface area contributed by atoms with E-state index < -0.39 is 0 Å². The summed E-state index contributed by atoms with van der Waals surface area (Å²) in [5.41, 5.74) is 5.60. The van der Waals surface area contributed by atoms with E-state index in [0.717, 1.165) is 6.54 Å². The highest BCUT2D eigenvalue weighted by Crippen LogP contribution is 2.08. The molecule has 3 N–H and O–H groups in total. The molecule has 4 heteroatoms. The Morgan fingerprint density at radius 3 is 2.62 bits per heavy atom. The molecule has 0 saturated carbocycles. The highest BCUT2D eigenvalue weighted by atomic mass is 15.2. The van der Waals surface area contributed by atoms with Crippen LogP contribution in [0, 0.1) is 0 Å². The Kier molecular flexibility index (Phi) is 4.02. The third-order valence-electron chi connectivity index (χ3n) is 2.63. The number of likely N-dealkylation sites (tertiary alicyclic amines) is 1. The van der Waals surface area contributed by atoms with Gasteiger partial charge in [-0.3, -0.25) is 4.99 Å². The van der Waals surface area contributed by atoms with Crippen LogP contribution in [-0.4, -0.2) is 43.6 Å². The topological polar surface area (TPSA) is 53.6 Å². The molecule has 0 spiro atoms. The first-order valence-electron chi connectivity index (χ1n) is 4.97. The number of aliphatic imine (C=N–C) groups is 1. The summed E-state index contributed by atoms with van der Waals surface area (Å²) >= 11 is 0. The van der Waals surface area contributed by atoms with E-state index in [1.165, 1.54) is 25.9 Å². The number of hydrogen-bond acceptors (Lipinski definition) is 2. The Hall–Kier alpha value is -0.770. The second kappa shape index (κ2) is 5.07. The van der Waals surface area contributed by atoms with Gasteiger partial charge in [0.2, 0.25) is 0 Å². The summed E-state index contributed by atoms with van der Waals surface area (Å²) in [5.74, 6) is 0.565. The Balaban J connectivity index is 2.25. The first-order chi connectivity index (χ1) is 6.26. The summed E-state index contributed by atoms with van der Waals surface area (Å²) in [6.07, 6.45) is 2.34. The predicted octanol–water partition coefficient (Wildman–Crippen LogP) is 0.00480. The third kappa shape index (κ3) is 3.22. The molecule has 0 atom stereocenters. The van der Waals surface area contributed by atoms with E-state index >= 15 is 0 Å². The fourth-order valence-electron chi connectivity index (χ4n) is 1.67. The second-order valence-corrected chi connectivity index (χ2v) is 3.46. The number of hydrogen-bond donors (Lipinski definition) is 2. The molecule has 0 aliphatic carbocycles. The standard InChI is InChI=1S/C9H20N4/c1-3-13-6-4-8(5-7-13)12-9(10)11-2/h8H,3-7H2,1-2H3,(H3,10,11,12). The summed E-state index contributed by atoms with van der Waals surface area (Å²) < 4.78 is 0. The molecule has 13 heavy (non-hydrogen) atoms. The summed E-state index contributed by atoms with van der Waals surface area (Å²) in [6, 6.07) is 0.520. The molecular weight excluding hydrogens is 164 g/mol. The van der Waals surface area contributed by atoms with Crippen LogP contribution in [0.4, 0.5) is 0 Å². The molecule has 76 valence electrons. The molecule has 1 heterocycles. The molecule has 1 rings (SSSR count). The third-order valence-corrected chi connectivity index (χ3v) is 2.63. The zero-order valence-corrected chi connectivity index (χ0v) is 8.58. The van der Waals surface area contributed by atoms with Crippen molar-refractivity contribution < 1.29 is 0 Å². The molecule has 0 unspecified atom stereocenters. The zero-order chi connectivity index (χ0) is 9.68. The Bertz CT molecular complexity index is 170. The van der Waals surface area contributed by atoms with Gasteiger partial charge in [-0.15, -0.1) is 0 Å². The van der Waals surface area contributed by atoms with Gasteiger partial charge >= 0.3 is 0 Å². The number of nitrogens with zero attached hydrogens (tertiary/aromatic N) is 2. The summed E-state index contributed by atoms with van der Waals surface area (Å²) in [7, 11) is 1.71. The molecule has 1 aliphatic rings. The molecule has 0 aromatic rings. The molecule has 0 bridgehead atoms. The van der Waals surface area contributed by atoms with Gasteiger partial charge < -0.3 is 16.0 Å². The van der Waals surface area contributed by atoms with Gasteiger partial charge in [-0.05, 0) is 19.4 Å². The van der Waals surface area contributed by atoms with Crippen molar-refractivity contribution in [3.8, 4) is 0 Å². The average molecular weight is 184 g/mol. The van der Waals surface area contributed by atoms with Crippen molar-refractivity contribution in [2.24, 2.45) is 10.7 Å². The molecule has 1 fully saturated rings. The molecule has 1 aliphatic heterocycles. The Morgan fingerprint density at radius 1 is 1.54 bits per heavy atom. The van der Waals surface area contributed by atoms with Crippen molar-refractivity contribution in [3.05, 3.63) is 0 Å². The van der Waals surface area contributed by atoms with Crippen molar-refractivity contribution in [1.29, 1.82) is 0 Å². The van der Waals surface area contributed by atoms with Crippen molar-refractivity contribution in [2.45, 2.75) is 25.8 Å². The maximum Gasteiger partial charge on any atom is 0.188 e. The lowest BCUT2D eigenvalue weighted by atomic mass is 10.1. The van der Waals surface area contributed by atoms with Crippen molar-refractivity contribution >= 4 is 5.96 Å². The highest BCUT2D eigenvalue weighted by molar-refractivity contribution is 5.77. The summed E-state index contributed by atoms with van der Waals surface area (Å²) in [6.45, 7) is 5.70. The molecule has 1 saturated heterocycles. The van der Waals surface area contributed by atoms with E-state index in [4.69, 9.17) is 5.73 Å². The zero-order valence-electron chi connectivity index (χ0n) is 8.58. The first kappa shape index (κ1) is 10.3. The molecule has 0 aromatic carbocycles. The number of rotatable bonds is 2. The van der Waals surface area contributed by atoms with Crippen LogP contribution < -0.4 is 11.1 Å². The highest BCUT2D eigenvalue weighted by Gasteiger charge is 2.17. The van der Waals surface area contributed by atoms with Gasteiger partial charge in [-0.25, -0.2) is 0 Å². The summed E-state index contributed by atoms with van der Waals surface area (Å²) in [4.78, 5) is 6.35. The molecule has 0 aromatic heterocycles. The van der Waals surface area contributed by atoms with Gasteiger partial charge in [-0.1, -0.05) is 6.92 Å². The van der Waals surface area contributed by atoms with Crippen LogP contribution >= 0.6 is 0 Å². The summed E-state index contributed by atoms with van der Waals surface area (Å²) in [5, 5.41) is 3.21. The number of guanidine groups is 1. The Labute approximate surface area is 80.2 Å². The number of nitrogens with one attached hydrogen (secondary N) is 1. The SMILES string of the molecule is CCN1CCC(NC(N)=NC)CC1. The molecule has 4 nitrogen and oxygen atoms in total. The molecule has 0 amide bonds. The number of nitrogens with two attached hydrogens (primary N) is 1. The van der Waals surface area contributed by atoms with Crippen LogP contribution in [-0.2, 0) is 0 Å². The fraction of sp³-hybridized carbons (Fsp3) is 0.889. The van der Waals surface area contributed by atoms with E-state index in [-0.39, 0.29) is 0 Å². The first-order valence-corrected chi connectivity index (χ1v) is 4.97. The van der Waals surface area contributed by atoms with Crippen molar-refractivity contribution in [2.75, 3.05) is 26.7 Å². The van der Waals surface area contributed by atoms with Crippen LogP contribution in [0.3, 0.4) is 0 Å². The maximum absolute atomic E-state index is 5.60. The van der Waals surface area contributed by atoms with Crippen molar-refractivity contribution in [1.82, 2.24) is 10.2 Å². The molecule has 0 radical (unpaired) electrons. The second-order valence-electron chi connectivity index (χ2n) is 3.46. The van der Waals surface area contributed by atoms with Gasteiger partial charge in [0.15, 0.2) is 5.96 Å². The smallest absolute Gasteiger partial charge is 0.188 e. The van der Waals surface area contributed by atoms with E-state index in [1.54, 1.807) is 7.05 Å². The minimum Gasteiger partial charge on any atom is -0.370 e. The molecular formula is C9H20N4. The van der Waals surface area contributed by atoms with Gasteiger partial charge in [0, 0.05) is 26.2 Å². The number of piperidine rings is 1.